The second-order valence-corrected chi connectivity index (χ2v) is 3.28. The lowest BCUT2D eigenvalue weighted by atomic mass is 10.1. The van der Waals surface area contributed by atoms with E-state index in [0.29, 0.717) is 16.7 Å². The fourth-order valence-corrected chi connectivity index (χ4v) is 1.55. The summed E-state index contributed by atoms with van der Waals surface area (Å²) in [6, 6.07) is 5.03. The zero-order valence-corrected chi connectivity index (χ0v) is 8.60. The van der Waals surface area contributed by atoms with Crippen molar-refractivity contribution in [3.63, 3.8) is 0 Å². The molecule has 0 spiro atoms. The van der Waals surface area contributed by atoms with Gasteiger partial charge in [-0.15, -0.1) is 0 Å². The molecule has 0 fully saturated rings. The van der Waals surface area contributed by atoms with Gasteiger partial charge in [-0.3, -0.25) is 4.98 Å². The number of carboxylic acid groups (broad SMARTS) is 1. The molecule has 0 amide bonds. The summed E-state index contributed by atoms with van der Waals surface area (Å²) in [7, 11) is 1.52. The number of fused-ring (bicyclic) bond motifs is 1. The SMILES string of the molecule is COc1ccc2ncc(N)c(C(=O)O)c2c1. The van der Waals surface area contributed by atoms with Crippen molar-refractivity contribution in [2.45, 2.75) is 0 Å². The summed E-state index contributed by atoms with van der Waals surface area (Å²) in [6.07, 6.45) is 1.35. The molecule has 0 saturated carbocycles. The first-order valence-corrected chi connectivity index (χ1v) is 4.59. The molecule has 0 radical (unpaired) electrons. The Kier molecular flexibility index (Phi) is 2.36. The number of carbonyl (C=O) groups is 1. The normalized spacial score (nSPS) is 10.3. The molecule has 1 aromatic heterocycles. The average Bonchev–Trinajstić information content (AvgIpc) is 2.27. The molecular formula is C11H10N2O3. The average molecular weight is 218 g/mol. The van der Waals surface area contributed by atoms with Crippen LogP contribution in [-0.4, -0.2) is 23.2 Å². The van der Waals surface area contributed by atoms with Crippen LogP contribution in [0.4, 0.5) is 5.69 Å². The Balaban J connectivity index is 2.83. The topological polar surface area (TPSA) is 85.4 Å². The van der Waals surface area contributed by atoms with Gasteiger partial charge in [-0.1, -0.05) is 0 Å². The van der Waals surface area contributed by atoms with E-state index in [1.54, 1.807) is 18.2 Å². The van der Waals surface area contributed by atoms with Crippen LogP contribution in [-0.2, 0) is 0 Å². The Morgan fingerprint density at radius 2 is 2.25 bits per heavy atom. The standard InChI is InChI=1S/C11H10N2O3/c1-16-6-2-3-9-7(4-6)10(11(14)15)8(12)5-13-9/h2-5H,12H2,1H3,(H,14,15). The highest BCUT2D eigenvalue weighted by Gasteiger charge is 2.13. The molecule has 5 heteroatoms. The number of hydrogen-bond acceptors (Lipinski definition) is 4. The molecule has 0 atom stereocenters. The first-order chi connectivity index (χ1) is 7.63. The van der Waals surface area contributed by atoms with Crippen LogP contribution >= 0.6 is 0 Å². The molecule has 0 aliphatic rings. The number of nitrogens with two attached hydrogens (primary N) is 1. The van der Waals surface area contributed by atoms with Crippen molar-refractivity contribution in [3.05, 3.63) is 30.0 Å². The minimum Gasteiger partial charge on any atom is -0.497 e. The Bertz CT molecular complexity index is 566. The molecule has 0 aliphatic heterocycles. The second-order valence-electron chi connectivity index (χ2n) is 3.28. The van der Waals surface area contributed by atoms with Gasteiger partial charge in [0.25, 0.3) is 0 Å². The predicted octanol–water partition coefficient (Wildman–Crippen LogP) is 1.52. The van der Waals surface area contributed by atoms with Gasteiger partial charge < -0.3 is 15.6 Å². The third-order valence-electron chi connectivity index (χ3n) is 2.32. The smallest absolute Gasteiger partial charge is 0.338 e. The minimum atomic E-state index is -1.07. The van der Waals surface area contributed by atoms with Crippen LogP contribution in [0.15, 0.2) is 24.4 Å². The number of ether oxygens (including phenoxy) is 1. The molecule has 82 valence electrons. The summed E-state index contributed by atoms with van der Waals surface area (Å²) >= 11 is 0. The highest BCUT2D eigenvalue weighted by Crippen LogP contribution is 2.26. The largest absolute Gasteiger partial charge is 0.497 e. The zero-order valence-electron chi connectivity index (χ0n) is 8.60. The number of aromatic nitrogens is 1. The molecular weight excluding hydrogens is 208 g/mol. The van der Waals surface area contributed by atoms with Crippen molar-refractivity contribution in [2.75, 3.05) is 12.8 Å². The number of rotatable bonds is 2. The number of carboxylic acids is 1. The Labute approximate surface area is 91.5 Å². The van der Waals surface area contributed by atoms with Crippen LogP contribution in [0.2, 0.25) is 0 Å². The highest BCUT2D eigenvalue weighted by atomic mass is 16.5. The van der Waals surface area contributed by atoms with Gasteiger partial charge in [0.2, 0.25) is 0 Å². The summed E-state index contributed by atoms with van der Waals surface area (Å²) in [4.78, 5) is 15.1. The Morgan fingerprint density at radius 3 is 2.88 bits per heavy atom. The molecule has 3 N–H and O–H groups in total. The van der Waals surface area contributed by atoms with Gasteiger partial charge in [0.05, 0.1) is 30.1 Å². The summed E-state index contributed by atoms with van der Waals surface area (Å²) < 4.78 is 5.04. The van der Waals surface area contributed by atoms with Crippen molar-refractivity contribution < 1.29 is 14.6 Å². The van der Waals surface area contributed by atoms with Gasteiger partial charge in [0, 0.05) is 5.39 Å². The van der Waals surface area contributed by atoms with Gasteiger partial charge in [-0.2, -0.15) is 0 Å². The number of pyridine rings is 1. The van der Waals surface area contributed by atoms with Crippen molar-refractivity contribution >= 4 is 22.6 Å². The lowest BCUT2D eigenvalue weighted by molar-refractivity contribution is 0.0700. The van der Waals surface area contributed by atoms with Gasteiger partial charge in [-0.25, -0.2) is 4.79 Å². The van der Waals surface area contributed by atoms with Crippen molar-refractivity contribution in [1.82, 2.24) is 4.98 Å². The number of aromatic carboxylic acids is 1. The summed E-state index contributed by atoms with van der Waals surface area (Å²) in [5, 5.41) is 9.56. The van der Waals surface area contributed by atoms with Crippen LogP contribution in [0.5, 0.6) is 5.75 Å². The molecule has 0 bridgehead atoms. The zero-order chi connectivity index (χ0) is 11.7. The lowest BCUT2D eigenvalue weighted by Gasteiger charge is -2.06. The number of nitrogen functional groups attached to an aromatic ring is 1. The predicted molar refractivity (Wildman–Crippen MR) is 59.7 cm³/mol. The summed E-state index contributed by atoms with van der Waals surface area (Å²) in [5.74, 6) is -0.499. The molecule has 2 rings (SSSR count). The van der Waals surface area contributed by atoms with Crippen LogP contribution in [0.1, 0.15) is 10.4 Å². The molecule has 2 aromatic rings. The number of methoxy groups -OCH3 is 1. The van der Waals surface area contributed by atoms with E-state index in [2.05, 4.69) is 4.98 Å². The first-order valence-electron chi connectivity index (χ1n) is 4.59. The van der Waals surface area contributed by atoms with Crippen LogP contribution in [0.3, 0.4) is 0 Å². The number of benzene rings is 1. The van der Waals surface area contributed by atoms with E-state index in [-0.39, 0.29) is 11.3 Å². The molecule has 16 heavy (non-hydrogen) atoms. The van der Waals surface area contributed by atoms with Crippen LogP contribution in [0.25, 0.3) is 10.9 Å². The molecule has 0 saturated heterocycles. The molecule has 0 unspecified atom stereocenters. The van der Waals surface area contributed by atoms with E-state index in [0.717, 1.165) is 0 Å². The van der Waals surface area contributed by atoms with Gasteiger partial charge >= 0.3 is 5.97 Å². The van der Waals surface area contributed by atoms with E-state index >= 15 is 0 Å². The van der Waals surface area contributed by atoms with Crippen molar-refractivity contribution in [3.8, 4) is 5.75 Å². The fourth-order valence-electron chi connectivity index (χ4n) is 1.55. The minimum absolute atomic E-state index is 0.0592. The number of nitrogens with zero attached hydrogens (tertiary/aromatic N) is 1. The fraction of sp³-hybridized carbons (Fsp3) is 0.0909. The van der Waals surface area contributed by atoms with Crippen LogP contribution in [0, 0.1) is 0 Å². The summed E-state index contributed by atoms with van der Waals surface area (Å²) in [6.45, 7) is 0. The maximum atomic E-state index is 11.1. The maximum absolute atomic E-state index is 11.1. The van der Waals surface area contributed by atoms with E-state index in [4.69, 9.17) is 15.6 Å². The van der Waals surface area contributed by atoms with E-state index < -0.39 is 5.97 Å². The molecule has 5 nitrogen and oxygen atoms in total. The van der Waals surface area contributed by atoms with E-state index in [9.17, 15) is 4.79 Å². The molecule has 1 aromatic carbocycles. The van der Waals surface area contributed by atoms with Crippen LogP contribution < -0.4 is 10.5 Å². The van der Waals surface area contributed by atoms with Gasteiger partial charge in [-0.05, 0) is 18.2 Å². The third-order valence-corrected chi connectivity index (χ3v) is 2.32. The summed E-state index contributed by atoms with van der Waals surface area (Å²) in [5.41, 5.74) is 6.38. The molecule has 0 aliphatic carbocycles. The van der Waals surface area contributed by atoms with Gasteiger partial charge in [0.15, 0.2) is 0 Å². The first kappa shape index (κ1) is 10.2. The quantitative estimate of drug-likeness (QED) is 0.798. The maximum Gasteiger partial charge on any atom is 0.338 e. The molecule has 1 heterocycles. The monoisotopic (exact) mass is 218 g/mol. The van der Waals surface area contributed by atoms with Crippen molar-refractivity contribution in [1.29, 1.82) is 0 Å². The van der Waals surface area contributed by atoms with E-state index in [1.807, 2.05) is 0 Å². The second kappa shape index (κ2) is 3.69. The van der Waals surface area contributed by atoms with Gasteiger partial charge in [0.1, 0.15) is 5.75 Å². The lowest BCUT2D eigenvalue weighted by Crippen LogP contribution is -2.04. The van der Waals surface area contributed by atoms with E-state index in [1.165, 1.54) is 13.3 Å². The van der Waals surface area contributed by atoms with Crippen molar-refractivity contribution in [2.24, 2.45) is 0 Å². The number of anilines is 1. The highest BCUT2D eigenvalue weighted by molar-refractivity contribution is 6.07. The Hall–Kier alpha value is -2.30. The Morgan fingerprint density at radius 1 is 1.50 bits per heavy atom. The number of hydrogen-bond donors (Lipinski definition) is 2. The third kappa shape index (κ3) is 1.52.